The van der Waals surface area contributed by atoms with E-state index in [4.69, 9.17) is 14.2 Å². The third-order valence-electron chi connectivity index (χ3n) is 6.28. The summed E-state index contributed by atoms with van der Waals surface area (Å²) in [7, 11) is 1.55. The number of ether oxygens (including phenoxy) is 3. The first kappa shape index (κ1) is 25.8. The standard InChI is InChI=1S/C30H31NO6/c1-6-36-22-12-13-23(25(17-22)37-7-2)28(32)26-27(20-9-8-10-21(16-20)35-5)31(30(34)29(26)33)24-14-11-18(3)15-19(24)4/h8-17,27,32H,6-7H2,1-5H3/b28-26-. The van der Waals surface area contributed by atoms with Crippen LogP contribution in [0.3, 0.4) is 0 Å². The van der Waals surface area contributed by atoms with Crippen LogP contribution in [0, 0.1) is 13.8 Å². The van der Waals surface area contributed by atoms with Crippen LogP contribution in [0.1, 0.15) is 42.1 Å². The van der Waals surface area contributed by atoms with Gasteiger partial charge in [-0.25, -0.2) is 0 Å². The summed E-state index contributed by atoms with van der Waals surface area (Å²) in [6.07, 6.45) is 0. The van der Waals surface area contributed by atoms with Crippen LogP contribution in [0.15, 0.2) is 66.2 Å². The number of Topliss-reactive ketones (excluding diaryl/α,β-unsaturated/α-hetero) is 1. The van der Waals surface area contributed by atoms with Gasteiger partial charge in [0.25, 0.3) is 11.7 Å². The van der Waals surface area contributed by atoms with Gasteiger partial charge in [0.2, 0.25) is 0 Å². The van der Waals surface area contributed by atoms with Gasteiger partial charge in [0, 0.05) is 11.8 Å². The van der Waals surface area contributed by atoms with Crippen molar-refractivity contribution in [2.24, 2.45) is 0 Å². The van der Waals surface area contributed by atoms with Gasteiger partial charge in [-0.05, 0) is 69.2 Å². The van der Waals surface area contributed by atoms with Crippen LogP contribution in [-0.2, 0) is 9.59 Å². The van der Waals surface area contributed by atoms with Gasteiger partial charge in [-0.15, -0.1) is 0 Å². The Bertz CT molecular complexity index is 1380. The van der Waals surface area contributed by atoms with E-state index < -0.39 is 17.7 Å². The molecule has 1 amide bonds. The zero-order valence-corrected chi connectivity index (χ0v) is 21.7. The molecule has 7 nitrogen and oxygen atoms in total. The normalized spacial score (nSPS) is 16.7. The average molecular weight is 502 g/mol. The predicted molar refractivity (Wildman–Crippen MR) is 142 cm³/mol. The molecule has 0 saturated carbocycles. The van der Waals surface area contributed by atoms with E-state index in [9.17, 15) is 14.7 Å². The minimum absolute atomic E-state index is 0.0247. The van der Waals surface area contributed by atoms with Crippen molar-refractivity contribution in [3.63, 3.8) is 0 Å². The molecule has 1 N–H and O–H groups in total. The fourth-order valence-corrected chi connectivity index (χ4v) is 4.66. The van der Waals surface area contributed by atoms with E-state index in [1.807, 2.05) is 52.0 Å². The van der Waals surface area contributed by atoms with Crippen molar-refractivity contribution in [3.8, 4) is 17.2 Å². The second kappa shape index (κ2) is 10.8. The molecule has 4 rings (SSSR count). The summed E-state index contributed by atoms with van der Waals surface area (Å²) in [6.45, 7) is 8.36. The number of aliphatic hydroxyl groups excluding tert-OH is 1. The number of benzene rings is 3. The number of carbonyl (C=O) groups excluding carboxylic acids is 2. The van der Waals surface area contributed by atoms with Gasteiger partial charge in [0.05, 0.1) is 37.5 Å². The first-order valence-electron chi connectivity index (χ1n) is 12.2. The van der Waals surface area contributed by atoms with E-state index in [-0.39, 0.29) is 11.3 Å². The van der Waals surface area contributed by atoms with Crippen molar-refractivity contribution < 1.29 is 28.9 Å². The van der Waals surface area contributed by atoms with E-state index in [0.29, 0.717) is 47.3 Å². The first-order valence-corrected chi connectivity index (χ1v) is 12.2. The Hall–Kier alpha value is -4.26. The molecule has 0 aliphatic carbocycles. The number of methoxy groups -OCH3 is 1. The zero-order chi connectivity index (χ0) is 26.7. The summed E-state index contributed by atoms with van der Waals surface area (Å²) in [5.41, 5.74) is 3.37. The fraction of sp³-hybridized carbons (Fsp3) is 0.267. The van der Waals surface area contributed by atoms with Crippen LogP contribution in [0.5, 0.6) is 17.2 Å². The van der Waals surface area contributed by atoms with Crippen molar-refractivity contribution in [1.82, 2.24) is 0 Å². The topological polar surface area (TPSA) is 85.3 Å². The molecular formula is C30H31NO6. The number of carbonyl (C=O) groups is 2. The van der Waals surface area contributed by atoms with Gasteiger partial charge in [-0.3, -0.25) is 14.5 Å². The molecule has 0 aromatic heterocycles. The summed E-state index contributed by atoms with van der Waals surface area (Å²) in [5, 5.41) is 11.6. The van der Waals surface area contributed by atoms with Crippen LogP contribution in [0.25, 0.3) is 5.76 Å². The Morgan fingerprint density at radius 3 is 2.35 bits per heavy atom. The van der Waals surface area contributed by atoms with Crippen LogP contribution < -0.4 is 19.1 Å². The van der Waals surface area contributed by atoms with Gasteiger partial charge in [0.15, 0.2) is 0 Å². The predicted octanol–water partition coefficient (Wildman–Crippen LogP) is 5.74. The SMILES string of the molecule is CCOc1ccc(/C(O)=C2/C(=O)C(=O)N(c3ccc(C)cc3C)C2c2cccc(OC)c2)c(OCC)c1. The molecule has 3 aromatic rings. The number of aryl methyl sites for hydroxylation is 2. The number of hydrogen-bond acceptors (Lipinski definition) is 6. The number of ketones is 1. The lowest BCUT2D eigenvalue weighted by Gasteiger charge is -2.27. The van der Waals surface area contributed by atoms with E-state index in [0.717, 1.165) is 11.1 Å². The summed E-state index contributed by atoms with van der Waals surface area (Å²) in [5.74, 6) is -0.313. The van der Waals surface area contributed by atoms with Gasteiger partial charge in [-0.1, -0.05) is 29.8 Å². The quantitative estimate of drug-likeness (QED) is 0.241. The highest BCUT2D eigenvalue weighted by molar-refractivity contribution is 6.51. The molecule has 1 fully saturated rings. The third-order valence-corrected chi connectivity index (χ3v) is 6.28. The van der Waals surface area contributed by atoms with E-state index in [2.05, 4.69) is 0 Å². The number of nitrogens with zero attached hydrogens (tertiary/aromatic N) is 1. The van der Waals surface area contributed by atoms with Crippen LogP contribution in [0.4, 0.5) is 5.69 Å². The lowest BCUT2D eigenvalue weighted by atomic mass is 9.94. The smallest absolute Gasteiger partial charge is 0.300 e. The summed E-state index contributed by atoms with van der Waals surface area (Å²) < 4.78 is 16.8. The molecule has 1 heterocycles. The van der Waals surface area contributed by atoms with Crippen molar-refractivity contribution in [2.45, 2.75) is 33.7 Å². The van der Waals surface area contributed by atoms with Gasteiger partial charge in [0.1, 0.15) is 23.0 Å². The molecule has 1 aliphatic rings. The number of amides is 1. The largest absolute Gasteiger partial charge is 0.507 e. The molecule has 0 radical (unpaired) electrons. The molecule has 1 atom stereocenters. The van der Waals surface area contributed by atoms with E-state index >= 15 is 0 Å². The maximum absolute atomic E-state index is 13.6. The third kappa shape index (κ3) is 4.89. The lowest BCUT2D eigenvalue weighted by Crippen LogP contribution is -2.30. The minimum atomic E-state index is -0.877. The maximum atomic E-state index is 13.6. The molecule has 7 heteroatoms. The van der Waals surface area contributed by atoms with Crippen LogP contribution in [-0.4, -0.2) is 37.1 Å². The minimum Gasteiger partial charge on any atom is -0.507 e. The Morgan fingerprint density at radius 2 is 1.68 bits per heavy atom. The number of hydrogen-bond donors (Lipinski definition) is 1. The van der Waals surface area contributed by atoms with E-state index in [1.165, 1.54) is 4.90 Å². The Kier molecular flexibility index (Phi) is 7.53. The molecule has 192 valence electrons. The molecular weight excluding hydrogens is 470 g/mol. The highest BCUT2D eigenvalue weighted by atomic mass is 16.5. The molecule has 1 unspecified atom stereocenters. The zero-order valence-electron chi connectivity index (χ0n) is 21.7. The number of rotatable bonds is 8. The Labute approximate surface area is 216 Å². The van der Waals surface area contributed by atoms with Crippen molar-refractivity contribution in [2.75, 3.05) is 25.2 Å². The van der Waals surface area contributed by atoms with Gasteiger partial charge in [-0.2, -0.15) is 0 Å². The van der Waals surface area contributed by atoms with E-state index in [1.54, 1.807) is 43.5 Å². The molecule has 3 aromatic carbocycles. The summed E-state index contributed by atoms with van der Waals surface area (Å²) in [6, 6.07) is 16.9. The average Bonchev–Trinajstić information content (AvgIpc) is 3.14. The maximum Gasteiger partial charge on any atom is 0.300 e. The Balaban J connectivity index is 1.97. The van der Waals surface area contributed by atoms with Crippen molar-refractivity contribution >= 4 is 23.1 Å². The molecule has 1 saturated heterocycles. The fourth-order valence-electron chi connectivity index (χ4n) is 4.66. The van der Waals surface area contributed by atoms with Crippen LogP contribution in [0.2, 0.25) is 0 Å². The molecule has 0 bridgehead atoms. The van der Waals surface area contributed by atoms with Crippen molar-refractivity contribution in [1.29, 1.82) is 0 Å². The van der Waals surface area contributed by atoms with Gasteiger partial charge < -0.3 is 19.3 Å². The monoisotopic (exact) mass is 501 g/mol. The first-order chi connectivity index (χ1) is 17.8. The molecule has 1 aliphatic heterocycles. The molecule has 0 spiro atoms. The highest BCUT2D eigenvalue weighted by Gasteiger charge is 2.47. The molecule has 37 heavy (non-hydrogen) atoms. The highest BCUT2D eigenvalue weighted by Crippen LogP contribution is 2.45. The Morgan fingerprint density at radius 1 is 0.919 bits per heavy atom. The van der Waals surface area contributed by atoms with Gasteiger partial charge >= 0.3 is 0 Å². The second-order valence-electron chi connectivity index (χ2n) is 8.76. The number of aliphatic hydroxyl groups is 1. The second-order valence-corrected chi connectivity index (χ2v) is 8.76. The lowest BCUT2D eigenvalue weighted by molar-refractivity contribution is -0.132. The van der Waals surface area contributed by atoms with Crippen LogP contribution >= 0.6 is 0 Å². The number of anilines is 1. The summed E-state index contributed by atoms with van der Waals surface area (Å²) in [4.78, 5) is 28.5. The summed E-state index contributed by atoms with van der Waals surface area (Å²) >= 11 is 0. The van der Waals surface area contributed by atoms with Crippen molar-refractivity contribution in [3.05, 3.63) is 88.5 Å².